The smallest absolute Gasteiger partial charge is 0.253 e. The number of hydrogen-bond acceptors (Lipinski definition) is 4. The fraction of sp³-hybridized carbons (Fsp3) is 0.682. The van der Waals surface area contributed by atoms with E-state index < -0.39 is 0 Å². The van der Waals surface area contributed by atoms with Crippen LogP contribution < -0.4 is 0 Å². The van der Waals surface area contributed by atoms with Crippen LogP contribution in [0.3, 0.4) is 0 Å². The van der Waals surface area contributed by atoms with E-state index in [-0.39, 0.29) is 11.3 Å². The topological polar surface area (TPSA) is 47.0 Å². The van der Waals surface area contributed by atoms with Crippen molar-refractivity contribution in [2.24, 2.45) is 5.41 Å². The second kappa shape index (κ2) is 7.90. The van der Waals surface area contributed by atoms with E-state index in [1.54, 1.807) is 0 Å². The van der Waals surface area contributed by atoms with Gasteiger partial charge in [0.1, 0.15) is 0 Å². The number of amides is 1. The summed E-state index contributed by atoms with van der Waals surface area (Å²) in [5, 5.41) is 10.1. The van der Waals surface area contributed by atoms with Gasteiger partial charge in [-0.15, -0.1) is 0 Å². The first-order valence-electron chi connectivity index (χ1n) is 10.5. The van der Waals surface area contributed by atoms with Gasteiger partial charge in [0.05, 0.1) is 6.61 Å². The molecule has 1 aromatic rings. The van der Waals surface area contributed by atoms with Crippen molar-refractivity contribution in [1.29, 1.82) is 0 Å². The predicted molar refractivity (Wildman–Crippen MR) is 107 cm³/mol. The third-order valence-electron chi connectivity index (χ3n) is 7.33. The molecule has 0 aromatic heterocycles. The van der Waals surface area contributed by atoms with Crippen LogP contribution in [-0.4, -0.2) is 84.2 Å². The molecule has 3 aliphatic rings. The van der Waals surface area contributed by atoms with E-state index in [0.29, 0.717) is 18.7 Å². The Morgan fingerprint density at radius 3 is 2.56 bits per heavy atom. The molecular formula is C22H33N3O2. The monoisotopic (exact) mass is 371 g/mol. The molecule has 5 nitrogen and oxygen atoms in total. The van der Waals surface area contributed by atoms with E-state index in [1.165, 1.54) is 6.42 Å². The molecule has 1 N–H and O–H groups in total. The van der Waals surface area contributed by atoms with Crippen LogP contribution in [0.15, 0.2) is 30.3 Å². The number of rotatable bonds is 3. The Bertz CT molecular complexity index is 644. The summed E-state index contributed by atoms with van der Waals surface area (Å²) in [4.78, 5) is 19.8. The number of piperidine rings is 3. The summed E-state index contributed by atoms with van der Waals surface area (Å²) in [6.45, 7) is 5.31. The van der Waals surface area contributed by atoms with Crippen LogP contribution in [0, 0.1) is 5.41 Å². The molecule has 3 saturated heterocycles. The second-order valence-corrected chi connectivity index (χ2v) is 8.75. The largest absolute Gasteiger partial charge is 0.396 e. The van der Waals surface area contributed by atoms with Gasteiger partial charge in [0.25, 0.3) is 5.91 Å². The maximum atomic E-state index is 12.7. The third kappa shape index (κ3) is 3.65. The number of aliphatic hydroxyl groups excluding tert-OH is 1. The zero-order chi connectivity index (χ0) is 18.9. The van der Waals surface area contributed by atoms with E-state index in [9.17, 15) is 9.90 Å². The van der Waals surface area contributed by atoms with Crippen LogP contribution in [-0.2, 0) is 0 Å². The summed E-state index contributed by atoms with van der Waals surface area (Å²) in [5.41, 5.74) is 0.901. The van der Waals surface area contributed by atoms with Crippen LogP contribution in [0.1, 0.15) is 42.5 Å². The fourth-order valence-electron chi connectivity index (χ4n) is 5.57. The average molecular weight is 372 g/mol. The van der Waals surface area contributed by atoms with Crippen molar-refractivity contribution in [3.8, 4) is 0 Å². The van der Waals surface area contributed by atoms with E-state index in [2.05, 4.69) is 16.8 Å². The first kappa shape index (κ1) is 18.9. The molecule has 0 spiro atoms. The molecule has 1 aromatic carbocycles. The zero-order valence-electron chi connectivity index (χ0n) is 16.5. The SMILES string of the molecule is CN1CCC[C@]2(CO)CCN(C3CCN(C(=O)c4ccccc4)CC3)C[C@@H]12. The highest BCUT2D eigenvalue weighted by Gasteiger charge is 2.47. The van der Waals surface area contributed by atoms with Crippen LogP contribution in [0.2, 0.25) is 0 Å². The lowest BCUT2D eigenvalue weighted by atomic mass is 9.68. The summed E-state index contributed by atoms with van der Waals surface area (Å²) < 4.78 is 0. The number of hydrogen-bond donors (Lipinski definition) is 1. The summed E-state index contributed by atoms with van der Waals surface area (Å²) in [6.07, 6.45) is 5.58. The number of likely N-dealkylation sites (tertiary alicyclic amines) is 3. The van der Waals surface area contributed by atoms with Gasteiger partial charge in [-0.1, -0.05) is 18.2 Å². The normalized spacial score (nSPS) is 30.9. The molecule has 0 bridgehead atoms. The first-order valence-corrected chi connectivity index (χ1v) is 10.5. The Morgan fingerprint density at radius 2 is 1.85 bits per heavy atom. The first-order chi connectivity index (χ1) is 13.1. The molecule has 0 radical (unpaired) electrons. The lowest BCUT2D eigenvalue weighted by Crippen LogP contribution is -2.63. The molecule has 27 heavy (non-hydrogen) atoms. The third-order valence-corrected chi connectivity index (χ3v) is 7.33. The lowest BCUT2D eigenvalue weighted by Gasteiger charge is -2.55. The number of benzene rings is 1. The van der Waals surface area contributed by atoms with Gasteiger partial charge in [-0.05, 0) is 64.4 Å². The van der Waals surface area contributed by atoms with Crippen molar-refractivity contribution in [3.63, 3.8) is 0 Å². The molecule has 148 valence electrons. The van der Waals surface area contributed by atoms with Crippen LogP contribution in [0.25, 0.3) is 0 Å². The summed E-state index contributed by atoms with van der Waals surface area (Å²) in [5.74, 6) is 0.166. The molecule has 0 aliphatic carbocycles. The summed E-state index contributed by atoms with van der Waals surface area (Å²) in [7, 11) is 2.22. The minimum absolute atomic E-state index is 0.105. The number of fused-ring (bicyclic) bond motifs is 1. The van der Waals surface area contributed by atoms with Crippen molar-refractivity contribution in [2.45, 2.75) is 44.2 Å². The highest BCUT2D eigenvalue weighted by molar-refractivity contribution is 5.94. The molecule has 0 saturated carbocycles. The molecule has 3 aliphatic heterocycles. The van der Waals surface area contributed by atoms with Crippen molar-refractivity contribution < 1.29 is 9.90 Å². The highest BCUT2D eigenvalue weighted by Crippen LogP contribution is 2.42. The molecule has 1 amide bonds. The fourth-order valence-corrected chi connectivity index (χ4v) is 5.57. The molecule has 4 rings (SSSR count). The second-order valence-electron chi connectivity index (χ2n) is 8.75. The average Bonchev–Trinajstić information content (AvgIpc) is 2.74. The van der Waals surface area contributed by atoms with E-state index in [0.717, 1.165) is 64.0 Å². The molecule has 3 heterocycles. The van der Waals surface area contributed by atoms with Gasteiger partial charge >= 0.3 is 0 Å². The Kier molecular flexibility index (Phi) is 5.53. The van der Waals surface area contributed by atoms with Gasteiger partial charge in [-0.25, -0.2) is 0 Å². The Balaban J connectivity index is 1.36. The van der Waals surface area contributed by atoms with E-state index in [4.69, 9.17) is 0 Å². The number of nitrogens with zero attached hydrogens (tertiary/aromatic N) is 3. The van der Waals surface area contributed by atoms with Crippen molar-refractivity contribution in [2.75, 3.05) is 46.4 Å². The number of carbonyl (C=O) groups is 1. The number of carbonyl (C=O) groups excluding carboxylic acids is 1. The van der Waals surface area contributed by atoms with Crippen molar-refractivity contribution >= 4 is 5.91 Å². The maximum Gasteiger partial charge on any atom is 0.253 e. The maximum absolute atomic E-state index is 12.7. The van der Waals surface area contributed by atoms with Gasteiger partial charge in [-0.3, -0.25) is 9.69 Å². The minimum atomic E-state index is 0.105. The Hall–Kier alpha value is -1.43. The summed E-state index contributed by atoms with van der Waals surface area (Å²) in [6, 6.07) is 10.7. The van der Waals surface area contributed by atoms with Gasteiger partial charge in [-0.2, -0.15) is 0 Å². The van der Waals surface area contributed by atoms with E-state index in [1.807, 2.05) is 35.2 Å². The minimum Gasteiger partial charge on any atom is -0.396 e. The van der Waals surface area contributed by atoms with Crippen LogP contribution in [0.4, 0.5) is 0 Å². The van der Waals surface area contributed by atoms with Gasteiger partial charge in [0.2, 0.25) is 0 Å². The molecule has 3 fully saturated rings. The molecular weight excluding hydrogens is 338 g/mol. The van der Waals surface area contributed by atoms with E-state index >= 15 is 0 Å². The van der Waals surface area contributed by atoms with Gasteiger partial charge < -0.3 is 14.9 Å². The highest BCUT2D eigenvalue weighted by atomic mass is 16.3. The zero-order valence-corrected chi connectivity index (χ0v) is 16.5. The lowest BCUT2D eigenvalue weighted by molar-refractivity contribution is -0.0795. The quantitative estimate of drug-likeness (QED) is 0.884. The van der Waals surface area contributed by atoms with Gasteiger partial charge in [0.15, 0.2) is 0 Å². The number of likely N-dealkylation sites (N-methyl/N-ethyl adjacent to an activating group) is 1. The molecule has 5 heteroatoms. The standard InChI is InChI=1S/C22H33N3O2/c1-23-12-5-10-22(17-26)11-15-25(16-20(22)23)19-8-13-24(14-9-19)21(27)18-6-3-2-4-7-18/h2-4,6-7,19-20,26H,5,8-17H2,1H3/t20-,22-/m1/s1. The Morgan fingerprint density at radius 1 is 1.11 bits per heavy atom. The Labute approximate surface area is 162 Å². The number of aliphatic hydroxyl groups is 1. The van der Waals surface area contributed by atoms with Crippen molar-refractivity contribution in [1.82, 2.24) is 14.7 Å². The molecule has 2 atom stereocenters. The van der Waals surface area contributed by atoms with Gasteiger partial charge in [0, 0.05) is 42.7 Å². The summed E-state index contributed by atoms with van der Waals surface area (Å²) >= 11 is 0. The van der Waals surface area contributed by atoms with Crippen LogP contribution in [0.5, 0.6) is 0 Å². The van der Waals surface area contributed by atoms with Crippen LogP contribution >= 0.6 is 0 Å². The predicted octanol–water partition coefficient (Wildman–Crippen LogP) is 2.07. The molecule has 0 unspecified atom stereocenters. The van der Waals surface area contributed by atoms with Crippen molar-refractivity contribution in [3.05, 3.63) is 35.9 Å².